The van der Waals surface area contributed by atoms with Crippen molar-refractivity contribution in [3.8, 4) is 0 Å². The van der Waals surface area contributed by atoms with Crippen molar-refractivity contribution >= 4 is 19.5 Å². The van der Waals surface area contributed by atoms with E-state index in [-0.39, 0.29) is 23.7 Å². The van der Waals surface area contributed by atoms with Crippen LogP contribution in [0.3, 0.4) is 0 Å². The van der Waals surface area contributed by atoms with E-state index in [0.29, 0.717) is 12.3 Å². The Balaban J connectivity index is 2.10. The van der Waals surface area contributed by atoms with E-state index in [9.17, 15) is 9.59 Å². The van der Waals surface area contributed by atoms with Gasteiger partial charge in [-0.3, -0.25) is 14.6 Å². The Bertz CT molecular complexity index is 708. The smallest absolute Gasteiger partial charge is 0.272 e. The summed E-state index contributed by atoms with van der Waals surface area (Å²) in [5.74, 6) is -0.280. The molecule has 2 rings (SSSR count). The molecule has 1 unspecified atom stereocenters. The summed E-state index contributed by atoms with van der Waals surface area (Å²) >= 11 is 0. The number of nitrogens with zero attached hydrogens (tertiary/aromatic N) is 2. The normalized spacial score (nSPS) is 13.2. The van der Waals surface area contributed by atoms with Gasteiger partial charge in [0.2, 0.25) is 0 Å². The van der Waals surface area contributed by atoms with Gasteiger partial charge in [0.15, 0.2) is 5.78 Å². The summed E-state index contributed by atoms with van der Waals surface area (Å²) in [5, 5.41) is 2.79. The zero-order valence-electron chi connectivity index (χ0n) is 15.3. The fourth-order valence-corrected chi connectivity index (χ4v) is 2.83. The van der Waals surface area contributed by atoms with Crippen molar-refractivity contribution in [2.24, 2.45) is 5.92 Å². The molecule has 0 aliphatic carbocycles. The van der Waals surface area contributed by atoms with Crippen molar-refractivity contribution < 1.29 is 9.59 Å². The Kier molecular flexibility index (Phi) is 7.51. The molecule has 1 aromatic heterocycles. The van der Waals surface area contributed by atoms with Crippen LogP contribution >= 0.6 is 0 Å². The lowest BCUT2D eigenvalue weighted by atomic mass is 9.76. The number of nitrogens with one attached hydrogen (secondary N) is 1. The average molecular weight is 349 g/mol. The molecule has 0 saturated carbocycles. The van der Waals surface area contributed by atoms with Crippen LogP contribution in [0.1, 0.15) is 42.7 Å². The molecular weight excluding hydrogens is 325 g/mol. The van der Waals surface area contributed by atoms with Gasteiger partial charge in [0.25, 0.3) is 5.91 Å². The molecule has 1 heterocycles. The molecule has 0 spiro atoms. The number of benzene rings is 1. The van der Waals surface area contributed by atoms with Gasteiger partial charge in [0.05, 0.1) is 20.1 Å². The molecule has 2 atom stereocenters. The monoisotopic (exact) mass is 349 g/mol. The number of carbonyl (C=O) groups excluding carboxylic acids is 2. The van der Waals surface area contributed by atoms with Crippen molar-refractivity contribution in [1.29, 1.82) is 0 Å². The van der Waals surface area contributed by atoms with Crippen LogP contribution in [0.2, 0.25) is 5.82 Å². The van der Waals surface area contributed by atoms with Crippen molar-refractivity contribution in [3.05, 3.63) is 60.2 Å². The summed E-state index contributed by atoms with van der Waals surface area (Å²) < 4.78 is 0. The Hall–Kier alpha value is -2.50. The standard InChI is InChI=1S/C20H24BN3O2/c1-14(2)10-16(21)12-19(25)17(11-15-6-4-3-5-7-15)24-20(26)18-13-22-8-9-23-18/h3-9,13-14,16-17H,10-12H2,1-2H3,(H,24,26)/t16?,17-/m0/s1. The summed E-state index contributed by atoms with van der Waals surface area (Å²) in [4.78, 5) is 33.1. The van der Waals surface area contributed by atoms with Crippen LogP contribution in [-0.4, -0.2) is 35.5 Å². The lowest BCUT2D eigenvalue weighted by molar-refractivity contribution is -0.121. The second kappa shape index (κ2) is 9.85. The van der Waals surface area contributed by atoms with E-state index in [1.807, 2.05) is 30.3 Å². The molecule has 0 saturated heterocycles. The maximum absolute atomic E-state index is 12.8. The molecule has 0 aliphatic heterocycles. The third kappa shape index (κ3) is 6.43. The molecule has 26 heavy (non-hydrogen) atoms. The van der Waals surface area contributed by atoms with Gasteiger partial charge in [-0.1, -0.05) is 56.4 Å². The van der Waals surface area contributed by atoms with E-state index in [1.165, 1.54) is 18.6 Å². The van der Waals surface area contributed by atoms with Crippen molar-refractivity contribution in [2.75, 3.05) is 0 Å². The first-order chi connectivity index (χ1) is 12.5. The third-order valence-corrected chi connectivity index (χ3v) is 4.01. The van der Waals surface area contributed by atoms with E-state index >= 15 is 0 Å². The largest absolute Gasteiger partial charge is 0.341 e. The molecule has 6 heteroatoms. The third-order valence-electron chi connectivity index (χ3n) is 4.01. The molecule has 0 bridgehead atoms. The first-order valence-corrected chi connectivity index (χ1v) is 8.84. The molecule has 0 fully saturated rings. The van der Waals surface area contributed by atoms with Crippen LogP contribution in [0.15, 0.2) is 48.9 Å². The second-order valence-corrected chi connectivity index (χ2v) is 6.87. The number of ketones is 1. The first-order valence-electron chi connectivity index (χ1n) is 8.84. The molecule has 2 radical (unpaired) electrons. The molecule has 0 aliphatic rings. The van der Waals surface area contributed by atoms with Crippen molar-refractivity contribution in [1.82, 2.24) is 15.3 Å². The van der Waals surface area contributed by atoms with Gasteiger partial charge in [-0.15, -0.1) is 0 Å². The molecule has 1 N–H and O–H groups in total. The summed E-state index contributed by atoms with van der Waals surface area (Å²) in [6.07, 6.45) is 5.73. The van der Waals surface area contributed by atoms with Gasteiger partial charge in [0.1, 0.15) is 5.69 Å². The van der Waals surface area contributed by atoms with Gasteiger partial charge in [0, 0.05) is 18.8 Å². The fraction of sp³-hybridized carbons (Fsp3) is 0.400. The van der Waals surface area contributed by atoms with Gasteiger partial charge >= 0.3 is 0 Å². The summed E-state index contributed by atoms with van der Waals surface area (Å²) in [7, 11) is 6.09. The fourth-order valence-electron chi connectivity index (χ4n) is 2.83. The van der Waals surface area contributed by atoms with E-state index in [2.05, 4.69) is 29.1 Å². The van der Waals surface area contributed by atoms with Crippen LogP contribution in [0.25, 0.3) is 0 Å². The zero-order valence-corrected chi connectivity index (χ0v) is 15.3. The highest BCUT2D eigenvalue weighted by atomic mass is 16.2. The van der Waals surface area contributed by atoms with Gasteiger partial charge in [-0.05, 0) is 17.9 Å². The number of rotatable bonds is 9. The highest BCUT2D eigenvalue weighted by Crippen LogP contribution is 2.19. The number of amides is 1. The highest BCUT2D eigenvalue weighted by Gasteiger charge is 2.24. The van der Waals surface area contributed by atoms with Gasteiger partial charge < -0.3 is 5.32 Å². The molecule has 1 aromatic carbocycles. The van der Waals surface area contributed by atoms with Crippen LogP contribution in [-0.2, 0) is 11.2 Å². The van der Waals surface area contributed by atoms with E-state index < -0.39 is 11.9 Å². The van der Waals surface area contributed by atoms with Crippen LogP contribution in [0.4, 0.5) is 0 Å². The maximum atomic E-state index is 12.8. The molecule has 1 amide bonds. The van der Waals surface area contributed by atoms with Crippen LogP contribution in [0.5, 0.6) is 0 Å². The second-order valence-electron chi connectivity index (χ2n) is 6.87. The van der Waals surface area contributed by atoms with Crippen LogP contribution in [0, 0.1) is 5.92 Å². The minimum absolute atomic E-state index is 0.0701. The summed E-state index contributed by atoms with van der Waals surface area (Å²) in [5.41, 5.74) is 1.16. The quantitative estimate of drug-likeness (QED) is 0.707. The van der Waals surface area contributed by atoms with Crippen molar-refractivity contribution in [3.63, 3.8) is 0 Å². The molecule has 2 aromatic rings. The Labute approximate surface area is 156 Å². The number of aromatic nitrogens is 2. The Morgan fingerprint density at radius 2 is 1.88 bits per heavy atom. The van der Waals surface area contributed by atoms with Gasteiger partial charge in [-0.25, -0.2) is 4.98 Å². The predicted octanol–water partition coefficient (Wildman–Crippen LogP) is 2.78. The summed E-state index contributed by atoms with van der Waals surface area (Å²) in [6.45, 7) is 4.14. The first kappa shape index (κ1) is 19.8. The number of carbonyl (C=O) groups is 2. The highest BCUT2D eigenvalue weighted by molar-refractivity contribution is 6.13. The topological polar surface area (TPSA) is 72.0 Å². The number of hydrogen-bond donors (Lipinski definition) is 1. The molecule has 5 nitrogen and oxygen atoms in total. The summed E-state index contributed by atoms with van der Waals surface area (Å²) in [6, 6.07) is 8.95. The van der Waals surface area contributed by atoms with E-state index in [4.69, 9.17) is 7.85 Å². The minimum Gasteiger partial charge on any atom is -0.341 e. The Morgan fingerprint density at radius 3 is 2.50 bits per heavy atom. The average Bonchev–Trinajstić information content (AvgIpc) is 2.62. The van der Waals surface area contributed by atoms with Crippen molar-refractivity contribution in [2.45, 2.75) is 45.0 Å². The van der Waals surface area contributed by atoms with Crippen LogP contribution < -0.4 is 5.32 Å². The Morgan fingerprint density at radius 1 is 1.15 bits per heavy atom. The van der Waals surface area contributed by atoms with E-state index in [1.54, 1.807) is 0 Å². The number of hydrogen-bond acceptors (Lipinski definition) is 4. The maximum Gasteiger partial charge on any atom is 0.272 e. The predicted molar refractivity (Wildman–Crippen MR) is 102 cm³/mol. The molecule has 134 valence electrons. The van der Waals surface area contributed by atoms with E-state index in [0.717, 1.165) is 12.0 Å². The molecular formula is C20H24BN3O2. The zero-order chi connectivity index (χ0) is 18.9. The lowest BCUT2D eigenvalue weighted by Gasteiger charge is -2.21. The SMILES string of the molecule is [B]C(CC(=O)[C@H](Cc1ccccc1)NC(=O)c1cnccn1)CC(C)C. The number of Topliss-reactive ketones (excluding diaryl/α,β-unsaturated/α-hetero) is 1. The lowest BCUT2D eigenvalue weighted by Crippen LogP contribution is -2.43. The minimum atomic E-state index is -0.648. The van der Waals surface area contributed by atoms with Gasteiger partial charge in [-0.2, -0.15) is 0 Å².